The molecule has 1 amide bonds. The summed E-state index contributed by atoms with van der Waals surface area (Å²) in [5.74, 6) is -1.49. The van der Waals surface area contributed by atoms with E-state index in [0.29, 0.717) is 18.1 Å². The fraction of sp³-hybridized carbons (Fsp3) is 0.400. The molecule has 1 aliphatic carbocycles. The lowest BCUT2D eigenvalue weighted by atomic mass is 9.91. The van der Waals surface area contributed by atoms with Crippen molar-refractivity contribution in [2.45, 2.75) is 31.7 Å². The van der Waals surface area contributed by atoms with Crippen LogP contribution in [0.2, 0.25) is 0 Å². The number of carboxylic acids is 1. The minimum Gasteiger partial charge on any atom is -0.480 e. The van der Waals surface area contributed by atoms with Gasteiger partial charge in [0.2, 0.25) is 0 Å². The smallest absolute Gasteiger partial charge is 0.326 e. The number of nitrogens with one attached hydrogen (secondary N) is 1. The van der Waals surface area contributed by atoms with Gasteiger partial charge in [0.25, 0.3) is 5.91 Å². The van der Waals surface area contributed by atoms with Crippen molar-refractivity contribution in [2.24, 2.45) is 5.92 Å². The first-order chi connectivity index (χ1) is 12.6. The number of carboxylic acid groups (broad SMARTS) is 1. The maximum atomic E-state index is 12.7. The van der Waals surface area contributed by atoms with E-state index in [4.69, 9.17) is 4.74 Å². The Bertz CT molecular complexity index is 838. The van der Waals surface area contributed by atoms with Gasteiger partial charge in [0.05, 0.1) is 11.5 Å². The quantitative estimate of drug-likeness (QED) is 0.866. The Morgan fingerprint density at radius 1 is 1.23 bits per heavy atom. The van der Waals surface area contributed by atoms with Crippen LogP contribution in [0.3, 0.4) is 0 Å². The monoisotopic (exact) mass is 371 g/mol. The summed E-state index contributed by atoms with van der Waals surface area (Å²) in [7, 11) is 0. The summed E-state index contributed by atoms with van der Waals surface area (Å²) in [6.07, 6.45) is 3.47. The van der Waals surface area contributed by atoms with Gasteiger partial charge in [-0.1, -0.05) is 24.3 Å². The molecule has 1 aliphatic heterocycles. The SMILES string of the molecule is O=C(NC(C(=O)O)C1CCCOC1)c1cc2c(s1)-c1ccccc1CC2. The number of amides is 1. The fourth-order valence-electron chi connectivity index (χ4n) is 3.81. The molecule has 26 heavy (non-hydrogen) atoms. The van der Waals surface area contributed by atoms with Crippen molar-refractivity contribution < 1.29 is 19.4 Å². The number of carbonyl (C=O) groups excluding carboxylic acids is 1. The third-order valence-corrected chi connectivity index (χ3v) is 6.39. The van der Waals surface area contributed by atoms with Crippen LogP contribution < -0.4 is 5.32 Å². The number of carbonyl (C=O) groups is 2. The maximum Gasteiger partial charge on any atom is 0.326 e. The summed E-state index contributed by atoms with van der Waals surface area (Å²) in [6, 6.07) is 9.27. The van der Waals surface area contributed by atoms with Crippen molar-refractivity contribution in [1.82, 2.24) is 5.32 Å². The van der Waals surface area contributed by atoms with Gasteiger partial charge < -0.3 is 15.2 Å². The molecule has 2 unspecified atom stereocenters. The Balaban J connectivity index is 1.56. The van der Waals surface area contributed by atoms with E-state index in [1.165, 1.54) is 28.0 Å². The molecule has 1 aromatic carbocycles. The average molecular weight is 371 g/mol. The van der Waals surface area contributed by atoms with E-state index in [1.807, 2.05) is 18.2 Å². The Morgan fingerprint density at radius 2 is 2.04 bits per heavy atom. The van der Waals surface area contributed by atoms with Gasteiger partial charge in [0.1, 0.15) is 6.04 Å². The molecule has 2 aliphatic rings. The van der Waals surface area contributed by atoms with E-state index in [2.05, 4.69) is 17.4 Å². The van der Waals surface area contributed by atoms with Crippen molar-refractivity contribution in [1.29, 1.82) is 0 Å². The molecular weight excluding hydrogens is 350 g/mol. The van der Waals surface area contributed by atoms with Crippen LogP contribution >= 0.6 is 11.3 Å². The number of aliphatic carboxylic acids is 1. The largest absolute Gasteiger partial charge is 0.480 e. The molecule has 2 N–H and O–H groups in total. The van der Waals surface area contributed by atoms with E-state index in [1.54, 1.807) is 0 Å². The second-order valence-corrected chi connectivity index (χ2v) is 7.94. The zero-order chi connectivity index (χ0) is 18.1. The molecule has 1 saturated heterocycles. The third kappa shape index (κ3) is 3.27. The molecular formula is C20H21NO4S. The van der Waals surface area contributed by atoms with Crippen molar-refractivity contribution >= 4 is 23.2 Å². The van der Waals surface area contributed by atoms with Gasteiger partial charge in [0.15, 0.2) is 0 Å². The van der Waals surface area contributed by atoms with E-state index >= 15 is 0 Å². The van der Waals surface area contributed by atoms with Gasteiger partial charge >= 0.3 is 5.97 Å². The molecule has 2 heterocycles. The fourth-order valence-corrected chi connectivity index (χ4v) is 4.98. The van der Waals surface area contributed by atoms with E-state index in [9.17, 15) is 14.7 Å². The highest BCUT2D eigenvalue weighted by Crippen LogP contribution is 2.39. The lowest BCUT2D eigenvalue weighted by Gasteiger charge is -2.27. The van der Waals surface area contributed by atoms with Gasteiger partial charge in [-0.2, -0.15) is 0 Å². The Kier molecular flexibility index (Phi) is 4.78. The van der Waals surface area contributed by atoms with Crippen molar-refractivity contribution in [2.75, 3.05) is 13.2 Å². The standard InChI is InChI=1S/C20H21NO4S/c22-19(21-17(20(23)24)14-5-3-9-25-11-14)16-10-13-8-7-12-4-1-2-6-15(12)18(13)26-16/h1-2,4,6,10,14,17H,3,5,7-9,11H2,(H,21,22)(H,23,24). The number of benzene rings is 1. The first kappa shape index (κ1) is 17.2. The zero-order valence-electron chi connectivity index (χ0n) is 14.4. The molecule has 0 saturated carbocycles. The number of fused-ring (bicyclic) bond motifs is 3. The highest BCUT2D eigenvalue weighted by atomic mass is 32.1. The van der Waals surface area contributed by atoms with E-state index < -0.39 is 12.0 Å². The van der Waals surface area contributed by atoms with Crippen molar-refractivity contribution in [3.8, 4) is 10.4 Å². The predicted molar refractivity (Wildman–Crippen MR) is 99.6 cm³/mol. The van der Waals surface area contributed by atoms with Gasteiger partial charge in [-0.15, -0.1) is 11.3 Å². The first-order valence-corrected chi connectivity index (χ1v) is 9.77. The summed E-state index contributed by atoms with van der Waals surface area (Å²) in [4.78, 5) is 26.1. The minimum absolute atomic E-state index is 0.180. The summed E-state index contributed by atoms with van der Waals surface area (Å²) in [5.41, 5.74) is 3.66. The maximum absolute atomic E-state index is 12.7. The van der Waals surface area contributed by atoms with Crippen LogP contribution in [0.5, 0.6) is 0 Å². The number of rotatable bonds is 4. The Labute approximate surface area is 156 Å². The molecule has 6 heteroatoms. The topological polar surface area (TPSA) is 75.6 Å². The molecule has 0 spiro atoms. The van der Waals surface area contributed by atoms with Gasteiger partial charge in [0, 0.05) is 17.4 Å². The van der Waals surface area contributed by atoms with Crippen molar-refractivity contribution in [3.63, 3.8) is 0 Å². The highest BCUT2D eigenvalue weighted by Gasteiger charge is 2.32. The summed E-state index contributed by atoms with van der Waals surface area (Å²) < 4.78 is 5.39. The van der Waals surface area contributed by atoms with Crippen LogP contribution in [0.4, 0.5) is 0 Å². The number of aryl methyl sites for hydroxylation is 2. The van der Waals surface area contributed by atoms with E-state index in [0.717, 1.165) is 30.6 Å². The van der Waals surface area contributed by atoms with Gasteiger partial charge in [-0.05, 0) is 48.4 Å². The molecule has 2 aromatic rings. The van der Waals surface area contributed by atoms with Crippen LogP contribution in [0.1, 0.15) is 33.6 Å². The van der Waals surface area contributed by atoms with E-state index in [-0.39, 0.29) is 11.8 Å². The Morgan fingerprint density at radius 3 is 2.81 bits per heavy atom. The molecule has 1 aromatic heterocycles. The molecule has 4 rings (SSSR count). The van der Waals surface area contributed by atoms with Crippen LogP contribution in [0, 0.1) is 5.92 Å². The predicted octanol–water partition coefficient (Wildman–Crippen LogP) is 3.12. The van der Waals surface area contributed by atoms with Crippen LogP contribution in [0.25, 0.3) is 10.4 Å². The third-order valence-electron chi connectivity index (χ3n) is 5.18. The number of ether oxygens (including phenoxy) is 1. The lowest BCUT2D eigenvalue weighted by molar-refractivity contribution is -0.142. The number of hydrogen-bond acceptors (Lipinski definition) is 4. The second kappa shape index (κ2) is 7.21. The van der Waals surface area contributed by atoms with Crippen LogP contribution in [0.15, 0.2) is 30.3 Å². The number of thiophene rings is 1. The molecule has 5 nitrogen and oxygen atoms in total. The molecule has 2 atom stereocenters. The summed E-state index contributed by atoms with van der Waals surface area (Å²) in [6.45, 7) is 1.04. The lowest BCUT2D eigenvalue weighted by Crippen LogP contribution is -2.48. The molecule has 136 valence electrons. The first-order valence-electron chi connectivity index (χ1n) is 8.96. The van der Waals surface area contributed by atoms with Crippen molar-refractivity contribution in [3.05, 3.63) is 46.3 Å². The molecule has 0 radical (unpaired) electrons. The molecule has 0 bridgehead atoms. The molecule has 1 fully saturated rings. The van der Waals surface area contributed by atoms with Crippen LogP contribution in [-0.4, -0.2) is 36.2 Å². The normalized spacial score (nSPS) is 19.9. The average Bonchev–Trinajstić information content (AvgIpc) is 3.11. The van der Waals surface area contributed by atoms with Crippen LogP contribution in [-0.2, 0) is 22.4 Å². The zero-order valence-corrected chi connectivity index (χ0v) is 15.2. The summed E-state index contributed by atoms with van der Waals surface area (Å²) >= 11 is 1.45. The second-order valence-electron chi connectivity index (χ2n) is 6.89. The Hall–Kier alpha value is -2.18. The highest BCUT2D eigenvalue weighted by molar-refractivity contribution is 7.17. The van der Waals surface area contributed by atoms with Gasteiger partial charge in [-0.3, -0.25) is 4.79 Å². The van der Waals surface area contributed by atoms with Gasteiger partial charge in [-0.25, -0.2) is 4.79 Å². The number of hydrogen-bond donors (Lipinski definition) is 2. The minimum atomic E-state index is -1.000. The summed E-state index contributed by atoms with van der Waals surface area (Å²) in [5, 5.41) is 12.3.